The number of ether oxygens (including phenoxy) is 3. The predicted octanol–water partition coefficient (Wildman–Crippen LogP) is 2.65. The molecule has 0 atom stereocenters. The lowest BCUT2D eigenvalue weighted by molar-refractivity contribution is -0.115. The fourth-order valence-corrected chi connectivity index (χ4v) is 1.95. The van der Waals surface area contributed by atoms with E-state index >= 15 is 0 Å². The standard InChI is InChI=1S/C17H20N2O4/c1-18-11-17(20)19-12-4-6-13(7-5-12)23-16-9-14(21-2)8-15(10-16)22-3/h4-10,18H,11H2,1-3H3,(H,19,20). The van der Waals surface area contributed by atoms with E-state index in [9.17, 15) is 4.79 Å². The molecule has 0 saturated carbocycles. The largest absolute Gasteiger partial charge is 0.496 e. The molecule has 1 amide bonds. The SMILES string of the molecule is CNCC(=O)Nc1ccc(Oc2cc(OC)cc(OC)c2)cc1. The van der Waals surface area contributed by atoms with E-state index in [2.05, 4.69) is 10.6 Å². The minimum Gasteiger partial charge on any atom is -0.496 e. The smallest absolute Gasteiger partial charge is 0.238 e. The first-order chi connectivity index (χ1) is 11.1. The average Bonchev–Trinajstić information content (AvgIpc) is 2.56. The first-order valence-electron chi connectivity index (χ1n) is 7.10. The average molecular weight is 316 g/mol. The van der Waals surface area contributed by atoms with Crippen LogP contribution in [0.2, 0.25) is 0 Å². The van der Waals surface area contributed by atoms with Crippen molar-refractivity contribution in [1.29, 1.82) is 0 Å². The summed E-state index contributed by atoms with van der Waals surface area (Å²) in [6.45, 7) is 0.266. The lowest BCUT2D eigenvalue weighted by Gasteiger charge is -2.11. The highest BCUT2D eigenvalue weighted by Crippen LogP contribution is 2.31. The van der Waals surface area contributed by atoms with E-state index in [4.69, 9.17) is 14.2 Å². The third-order valence-corrected chi connectivity index (χ3v) is 3.04. The van der Waals surface area contributed by atoms with E-state index in [-0.39, 0.29) is 12.5 Å². The van der Waals surface area contributed by atoms with Gasteiger partial charge in [-0.1, -0.05) is 0 Å². The molecule has 2 aromatic rings. The molecule has 0 aliphatic carbocycles. The normalized spacial score (nSPS) is 10.0. The van der Waals surface area contributed by atoms with Gasteiger partial charge < -0.3 is 24.8 Å². The molecule has 0 heterocycles. The highest BCUT2D eigenvalue weighted by Gasteiger charge is 2.05. The molecule has 0 spiro atoms. The number of methoxy groups -OCH3 is 2. The van der Waals surface area contributed by atoms with Crippen molar-refractivity contribution in [3.8, 4) is 23.0 Å². The molecule has 0 aliphatic heterocycles. The van der Waals surface area contributed by atoms with Gasteiger partial charge in [0.15, 0.2) is 0 Å². The lowest BCUT2D eigenvalue weighted by atomic mass is 10.2. The van der Waals surface area contributed by atoms with Crippen molar-refractivity contribution in [3.63, 3.8) is 0 Å². The summed E-state index contributed by atoms with van der Waals surface area (Å²) in [7, 11) is 4.89. The summed E-state index contributed by atoms with van der Waals surface area (Å²) in [4.78, 5) is 11.5. The van der Waals surface area contributed by atoms with E-state index in [1.165, 1.54) is 0 Å². The molecule has 0 saturated heterocycles. The molecular formula is C17H20N2O4. The summed E-state index contributed by atoms with van der Waals surface area (Å²) < 4.78 is 16.2. The van der Waals surface area contributed by atoms with E-state index < -0.39 is 0 Å². The van der Waals surface area contributed by atoms with Crippen LogP contribution in [0.1, 0.15) is 0 Å². The number of carbonyl (C=O) groups excluding carboxylic acids is 1. The fraction of sp³-hybridized carbons (Fsp3) is 0.235. The monoisotopic (exact) mass is 316 g/mol. The Bertz CT molecular complexity index is 634. The molecule has 2 N–H and O–H groups in total. The third kappa shape index (κ3) is 4.89. The van der Waals surface area contributed by atoms with Gasteiger partial charge in [0.1, 0.15) is 23.0 Å². The fourth-order valence-electron chi connectivity index (χ4n) is 1.95. The van der Waals surface area contributed by atoms with Gasteiger partial charge in [0, 0.05) is 23.9 Å². The summed E-state index contributed by atoms with van der Waals surface area (Å²) in [5, 5.41) is 5.57. The molecule has 2 aromatic carbocycles. The van der Waals surface area contributed by atoms with Crippen LogP contribution in [0.4, 0.5) is 5.69 Å². The summed E-state index contributed by atoms with van der Waals surface area (Å²) in [6.07, 6.45) is 0. The Morgan fingerprint density at radius 1 is 0.913 bits per heavy atom. The van der Waals surface area contributed by atoms with Crippen LogP contribution in [0.15, 0.2) is 42.5 Å². The van der Waals surface area contributed by atoms with Gasteiger partial charge in [-0.25, -0.2) is 0 Å². The molecule has 0 fully saturated rings. The zero-order valence-electron chi connectivity index (χ0n) is 13.4. The highest BCUT2D eigenvalue weighted by atomic mass is 16.5. The predicted molar refractivity (Wildman–Crippen MR) is 88.6 cm³/mol. The van der Waals surface area contributed by atoms with Crippen LogP contribution in [0.25, 0.3) is 0 Å². The van der Waals surface area contributed by atoms with Gasteiger partial charge in [-0.05, 0) is 31.3 Å². The van der Waals surface area contributed by atoms with Gasteiger partial charge in [-0.15, -0.1) is 0 Å². The van der Waals surface area contributed by atoms with Crippen molar-refractivity contribution < 1.29 is 19.0 Å². The Balaban J connectivity index is 2.07. The molecule has 122 valence electrons. The van der Waals surface area contributed by atoms with E-state index in [1.54, 1.807) is 63.7 Å². The van der Waals surface area contributed by atoms with Crippen molar-refractivity contribution in [2.45, 2.75) is 0 Å². The molecule has 0 radical (unpaired) electrons. The molecule has 0 unspecified atom stereocenters. The molecule has 0 bridgehead atoms. The van der Waals surface area contributed by atoms with Gasteiger partial charge in [0.05, 0.1) is 20.8 Å². The minimum atomic E-state index is -0.0984. The van der Waals surface area contributed by atoms with Crippen molar-refractivity contribution in [2.24, 2.45) is 0 Å². The minimum absolute atomic E-state index is 0.0984. The number of hydrogen-bond donors (Lipinski definition) is 2. The maximum Gasteiger partial charge on any atom is 0.238 e. The Morgan fingerprint density at radius 2 is 1.48 bits per heavy atom. The lowest BCUT2D eigenvalue weighted by Crippen LogP contribution is -2.24. The Labute approximate surface area is 135 Å². The summed E-state index contributed by atoms with van der Waals surface area (Å²) in [5.74, 6) is 2.45. The second-order valence-electron chi connectivity index (χ2n) is 4.75. The van der Waals surface area contributed by atoms with E-state index in [0.29, 0.717) is 28.7 Å². The number of likely N-dealkylation sites (N-methyl/N-ethyl adjacent to an activating group) is 1. The zero-order valence-corrected chi connectivity index (χ0v) is 13.4. The van der Waals surface area contributed by atoms with Gasteiger partial charge in [-0.3, -0.25) is 4.79 Å². The zero-order chi connectivity index (χ0) is 16.7. The number of anilines is 1. The second-order valence-corrected chi connectivity index (χ2v) is 4.75. The van der Waals surface area contributed by atoms with E-state index in [0.717, 1.165) is 0 Å². The van der Waals surface area contributed by atoms with Crippen LogP contribution in [-0.4, -0.2) is 33.7 Å². The van der Waals surface area contributed by atoms with Crippen LogP contribution in [-0.2, 0) is 4.79 Å². The maximum atomic E-state index is 11.5. The van der Waals surface area contributed by atoms with Gasteiger partial charge in [0.25, 0.3) is 0 Å². The second kappa shape index (κ2) is 8.05. The van der Waals surface area contributed by atoms with Gasteiger partial charge in [0.2, 0.25) is 5.91 Å². The number of hydrogen-bond acceptors (Lipinski definition) is 5. The molecule has 0 aliphatic rings. The maximum absolute atomic E-state index is 11.5. The number of carbonyl (C=O) groups is 1. The van der Waals surface area contributed by atoms with Crippen LogP contribution in [0.3, 0.4) is 0 Å². The van der Waals surface area contributed by atoms with Gasteiger partial charge >= 0.3 is 0 Å². The summed E-state index contributed by atoms with van der Waals surface area (Å²) in [5.41, 5.74) is 0.709. The molecule has 6 heteroatoms. The van der Waals surface area contributed by atoms with Crippen LogP contribution >= 0.6 is 0 Å². The van der Waals surface area contributed by atoms with Crippen molar-refractivity contribution in [1.82, 2.24) is 5.32 Å². The van der Waals surface area contributed by atoms with Crippen LogP contribution in [0, 0.1) is 0 Å². The number of benzene rings is 2. The number of rotatable bonds is 7. The van der Waals surface area contributed by atoms with E-state index in [1.807, 2.05) is 0 Å². The van der Waals surface area contributed by atoms with Crippen LogP contribution in [0.5, 0.6) is 23.0 Å². The first kappa shape index (κ1) is 16.6. The summed E-state index contributed by atoms with van der Waals surface area (Å²) in [6, 6.07) is 12.4. The molecular weight excluding hydrogens is 296 g/mol. The van der Waals surface area contributed by atoms with Crippen LogP contribution < -0.4 is 24.8 Å². The van der Waals surface area contributed by atoms with Crippen molar-refractivity contribution in [2.75, 3.05) is 33.1 Å². The Morgan fingerprint density at radius 3 is 2.00 bits per heavy atom. The molecule has 23 heavy (non-hydrogen) atoms. The topological polar surface area (TPSA) is 68.8 Å². The molecule has 0 aromatic heterocycles. The van der Waals surface area contributed by atoms with Crippen molar-refractivity contribution >= 4 is 11.6 Å². The van der Waals surface area contributed by atoms with Gasteiger partial charge in [-0.2, -0.15) is 0 Å². The quantitative estimate of drug-likeness (QED) is 0.822. The number of amides is 1. The number of nitrogens with one attached hydrogen (secondary N) is 2. The highest BCUT2D eigenvalue weighted by molar-refractivity contribution is 5.92. The summed E-state index contributed by atoms with van der Waals surface area (Å²) >= 11 is 0. The van der Waals surface area contributed by atoms with Crippen molar-refractivity contribution in [3.05, 3.63) is 42.5 Å². The molecule has 6 nitrogen and oxygen atoms in total. The first-order valence-corrected chi connectivity index (χ1v) is 7.10. The Kier molecular flexibility index (Phi) is 5.82. The third-order valence-electron chi connectivity index (χ3n) is 3.04. The molecule has 2 rings (SSSR count). The Hall–Kier alpha value is -2.73.